The van der Waals surface area contributed by atoms with Crippen LogP contribution >= 0.6 is 11.6 Å². The summed E-state index contributed by atoms with van der Waals surface area (Å²) in [5.74, 6) is 0.735. The lowest BCUT2D eigenvalue weighted by atomic mass is 9.87. The van der Waals surface area contributed by atoms with Gasteiger partial charge in [-0.1, -0.05) is 23.7 Å². The third-order valence-electron chi connectivity index (χ3n) is 6.28. The van der Waals surface area contributed by atoms with Gasteiger partial charge in [-0.05, 0) is 69.9 Å². The molecule has 0 bridgehead atoms. The van der Waals surface area contributed by atoms with Crippen molar-refractivity contribution in [3.05, 3.63) is 34.9 Å². The fourth-order valence-electron chi connectivity index (χ4n) is 4.68. The van der Waals surface area contributed by atoms with Crippen molar-refractivity contribution in [3.63, 3.8) is 0 Å². The molecule has 156 valence electrons. The Morgan fingerprint density at radius 3 is 2.64 bits per heavy atom. The summed E-state index contributed by atoms with van der Waals surface area (Å²) in [5.41, 5.74) is 1.25. The zero-order chi connectivity index (χ0) is 20.1. The molecule has 0 spiro atoms. The van der Waals surface area contributed by atoms with E-state index in [1.807, 2.05) is 23.1 Å². The molecule has 0 aliphatic carbocycles. The minimum Gasteiger partial charge on any atom is -0.393 e. The molecule has 6 heteroatoms. The molecule has 2 fully saturated rings. The Kier molecular flexibility index (Phi) is 7.75. The summed E-state index contributed by atoms with van der Waals surface area (Å²) < 4.78 is 0. The van der Waals surface area contributed by atoms with Gasteiger partial charge < -0.3 is 14.9 Å². The number of likely N-dealkylation sites (tertiary alicyclic amines) is 2. The number of benzene rings is 1. The highest BCUT2D eigenvalue weighted by molar-refractivity contribution is 6.30. The Labute approximate surface area is 174 Å². The topological polar surface area (TPSA) is 47.0 Å². The normalized spacial score (nSPS) is 24.7. The summed E-state index contributed by atoms with van der Waals surface area (Å²) in [6, 6.07) is 8.62. The Morgan fingerprint density at radius 2 is 1.96 bits per heavy atom. The van der Waals surface area contributed by atoms with Crippen LogP contribution < -0.4 is 0 Å². The first-order chi connectivity index (χ1) is 13.4. The van der Waals surface area contributed by atoms with Crippen LogP contribution in [0.5, 0.6) is 0 Å². The van der Waals surface area contributed by atoms with E-state index >= 15 is 0 Å². The number of carbonyl (C=O) groups excluding carboxylic acids is 1. The second-order valence-electron chi connectivity index (χ2n) is 8.60. The molecule has 0 unspecified atom stereocenters. The molecule has 1 amide bonds. The first-order valence-electron chi connectivity index (χ1n) is 10.5. The van der Waals surface area contributed by atoms with E-state index in [2.05, 4.69) is 30.0 Å². The van der Waals surface area contributed by atoms with Gasteiger partial charge in [-0.25, -0.2) is 0 Å². The summed E-state index contributed by atoms with van der Waals surface area (Å²) in [7, 11) is 4.30. The van der Waals surface area contributed by atoms with E-state index in [0.29, 0.717) is 44.3 Å². The summed E-state index contributed by atoms with van der Waals surface area (Å²) in [4.78, 5) is 19.4. The van der Waals surface area contributed by atoms with Gasteiger partial charge in [-0.2, -0.15) is 0 Å². The van der Waals surface area contributed by atoms with E-state index in [1.54, 1.807) is 0 Å². The zero-order valence-corrected chi connectivity index (χ0v) is 17.9. The van der Waals surface area contributed by atoms with Crippen LogP contribution in [0, 0.1) is 5.92 Å². The van der Waals surface area contributed by atoms with Crippen LogP contribution in [0.4, 0.5) is 0 Å². The molecule has 0 aromatic heterocycles. The highest BCUT2D eigenvalue weighted by Gasteiger charge is 2.31. The van der Waals surface area contributed by atoms with E-state index in [0.717, 1.165) is 37.5 Å². The lowest BCUT2D eigenvalue weighted by molar-refractivity contribution is -0.133. The average Bonchev–Trinajstić information content (AvgIpc) is 2.66. The minimum atomic E-state index is -0.236. The molecule has 28 heavy (non-hydrogen) atoms. The Balaban J connectivity index is 1.55. The van der Waals surface area contributed by atoms with Crippen LogP contribution in [-0.4, -0.2) is 78.1 Å². The number of carbonyl (C=O) groups is 1. The lowest BCUT2D eigenvalue weighted by Gasteiger charge is -2.42. The summed E-state index contributed by atoms with van der Waals surface area (Å²) >= 11 is 6.14. The summed E-state index contributed by atoms with van der Waals surface area (Å²) in [6.45, 7) is 4.39. The number of rotatable bonds is 6. The Morgan fingerprint density at radius 1 is 1.21 bits per heavy atom. The number of hydrogen-bond acceptors (Lipinski definition) is 4. The zero-order valence-electron chi connectivity index (χ0n) is 17.2. The van der Waals surface area contributed by atoms with Gasteiger partial charge in [0.2, 0.25) is 5.91 Å². The number of aliphatic hydroxyl groups excluding tert-OH is 1. The van der Waals surface area contributed by atoms with Crippen LogP contribution in [0.3, 0.4) is 0 Å². The first kappa shape index (κ1) is 21.6. The average molecular weight is 408 g/mol. The fourth-order valence-corrected chi connectivity index (χ4v) is 4.89. The number of amides is 1. The van der Waals surface area contributed by atoms with Crippen molar-refractivity contribution < 1.29 is 9.90 Å². The molecule has 3 rings (SSSR count). The number of nitrogens with zero attached hydrogens (tertiary/aromatic N) is 3. The monoisotopic (exact) mass is 407 g/mol. The van der Waals surface area contributed by atoms with Crippen molar-refractivity contribution in [1.82, 2.24) is 14.7 Å². The second-order valence-corrected chi connectivity index (χ2v) is 9.03. The van der Waals surface area contributed by atoms with E-state index < -0.39 is 0 Å². The van der Waals surface area contributed by atoms with Gasteiger partial charge in [-0.15, -0.1) is 0 Å². The van der Waals surface area contributed by atoms with Gasteiger partial charge >= 0.3 is 0 Å². The molecule has 5 nitrogen and oxygen atoms in total. The van der Waals surface area contributed by atoms with Crippen molar-refractivity contribution in [1.29, 1.82) is 0 Å². The first-order valence-corrected chi connectivity index (χ1v) is 10.9. The molecule has 2 atom stereocenters. The van der Waals surface area contributed by atoms with Crippen molar-refractivity contribution in [2.45, 2.75) is 50.8 Å². The van der Waals surface area contributed by atoms with Gasteiger partial charge in [0, 0.05) is 43.7 Å². The molecule has 2 aliphatic rings. The van der Waals surface area contributed by atoms with Crippen LogP contribution in [0.15, 0.2) is 24.3 Å². The van der Waals surface area contributed by atoms with E-state index in [-0.39, 0.29) is 12.0 Å². The van der Waals surface area contributed by atoms with E-state index in [4.69, 9.17) is 11.6 Å². The van der Waals surface area contributed by atoms with Gasteiger partial charge in [0.05, 0.1) is 6.10 Å². The second kappa shape index (κ2) is 10.1. The highest BCUT2D eigenvalue weighted by atomic mass is 35.5. The quantitative estimate of drug-likeness (QED) is 0.787. The van der Waals surface area contributed by atoms with E-state index in [9.17, 15) is 9.90 Å². The van der Waals surface area contributed by atoms with Crippen molar-refractivity contribution in [2.75, 3.05) is 40.3 Å². The molecule has 2 saturated heterocycles. The fraction of sp³-hybridized carbons (Fsp3) is 0.682. The highest BCUT2D eigenvalue weighted by Crippen LogP contribution is 2.27. The van der Waals surface area contributed by atoms with Gasteiger partial charge in [0.1, 0.15) is 0 Å². The molecule has 0 radical (unpaired) electrons. The SMILES string of the molecule is CN(C)[C@@H]1CCN(Cc2cccc(Cl)c2)C[C@@H]1CCC(=O)N1CCC(O)CC1. The van der Waals surface area contributed by atoms with Crippen LogP contribution in [0.25, 0.3) is 0 Å². The van der Waals surface area contributed by atoms with Gasteiger partial charge in [0.15, 0.2) is 0 Å². The largest absolute Gasteiger partial charge is 0.393 e. The van der Waals surface area contributed by atoms with E-state index in [1.165, 1.54) is 5.56 Å². The predicted molar refractivity (Wildman–Crippen MR) is 113 cm³/mol. The molecule has 1 aromatic carbocycles. The number of hydrogen-bond donors (Lipinski definition) is 1. The molecule has 1 N–H and O–H groups in total. The van der Waals surface area contributed by atoms with Crippen molar-refractivity contribution in [3.8, 4) is 0 Å². The lowest BCUT2D eigenvalue weighted by Crippen LogP contribution is -2.49. The number of aliphatic hydroxyl groups is 1. The molecule has 1 aromatic rings. The molecule has 2 heterocycles. The van der Waals surface area contributed by atoms with Crippen molar-refractivity contribution in [2.24, 2.45) is 5.92 Å². The van der Waals surface area contributed by atoms with Crippen LogP contribution in [-0.2, 0) is 11.3 Å². The third-order valence-corrected chi connectivity index (χ3v) is 6.52. The van der Waals surface area contributed by atoms with Crippen LogP contribution in [0.1, 0.15) is 37.7 Å². The van der Waals surface area contributed by atoms with Crippen LogP contribution in [0.2, 0.25) is 5.02 Å². The third kappa shape index (κ3) is 5.93. The molecule has 0 saturated carbocycles. The minimum absolute atomic E-state index is 0.236. The summed E-state index contributed by atoms with van der Waals surface area (Å²) in [5, 5.41) is 10.4. The predicted octanol–water partition coefficient (Wildman–Crippen LogP) is 2.86. The maximum Gasteiger partial charge on any atom is 0.222 e. The maximum absolute atomic E-state index is 12.6. The number of piperidine rings is 2. The molecular weight excluding hydrogens is 374 g/mol. The molecular formula is C22H34ClN3O2. The maximum atomic E-state index is 12.6. The smallest absolute Gasteiger partial charge is 0.222 e. The Hall–Kier alpha value is -1.14. The number of halogens is 1. The summed E-state index contributed by atoms with van der Waals surface area (Å²) in [6.07, 6.45) is 3.84. The standard InChI is InChI=1S/C22H34ClN3O2/c1-24(2)21-10-11-25(15-17-4-3-5-19(23)14-17)16-18(21)6-7-22(28)26-12-8-20(27)9-13-26/h3-5,14,18,20-21,27H,6-13,15-16H2,1-2H3/t18-,21+/m0/s1. The van der Waals surface area contributed by atoms with Crippen molar-refractivity contribution >= 4 is 17.5 Å². The Bertz CT molecular complexity index is 646. The van der Waals surface area contributed by atoms with Gasteiger partial charge in [-0.3, -0.25) is 9.69 Å². The van der Waals surface area contributed by atoms with Gasteiger partial charge in [0.25, 0.3) is 0 Å². The molecule has 2 aliphatic heterocycles.